The van der Waals surface area contributed by atoms with E-state index >= 15 is 0 Å². The summed E-state index contributed by atoms with van der Waals surface area (Å²) in [6, 6.07) is 7.90. The van der Waals surface area contributed by atoms with Crippen molar-refractivity contribution in [1.29, 1.82) is 0 Å². The van der Waals surface area contributed by atoms with Crippen LogP contribution >= 0.6 is 12.2 Å². The van der Waals surface area contributed by atoms with E-state index in [1.807, 2.05) is 31.2 Å². The number of thiocarbonyl (C=S) groups is 1. The van der Waals surface area contributed by atoms with E-state index in [9.17, 15) is 4.79 Å². The molecule has 1 atom stereocenters. The Balaban J connectivity index is 2.15. The molecule has 1 aromatic rings. The van der Waals surface area contributed by atoms with Gasteiger partial charge in [0.15, 0.2) is 5.78 Å². The first-order valence-corrected chi connectivity index (χ1v) is 6.16. The van der Waals surface area contributed by atoms with Gasteiger partial charge in [0.25, 0.3) is 5.17 Å². The van der Waals surface area contributed by atoms with E-state index in [0.717, 1.165) is 17.5 Å². The zero-order valence-electron chi connectivity index (χ0n) is 9.73. The summed E-state index contributed by atoms with van der Waals surface area (Å²) in [6.07, 6.45) is 1.30. The molecule has 0 amide bonds. The second-order valence-electron chi connectivity index (χ2n) is 4.08. The van der Waals surface area contributed by atoms with Gasteiger partial charge in [-0.05, 0) is 24.2 Å². The van der Waals surface area contributed by atoms with E-state index < -0.39 is 0 Å². The van der Waals surface area contributed by atoms with Gasteiger partial charge >= 0.3 is 0 Å². The fourth-order valence-electron chi connectivity index (χ4n) is 1.96. The molecule has 3 nitrogen and oxygen atoms in total. The molecule has 4 heteroatoms. The summed E-state index contributed by atoms with van der Waals surface area (Å²) >= 11 is 4.92. The normalized spacial score (nSPS) is 18.6. The van der Waals surface area contributed by atoms with Crippen LogP contribution in [0.3, 0.4) is 0 Å². The number of nitrogens with one attached hydrogen (secondary N) is 1. The van der Waals surface area contributed by atoms with Gasteiger partial charge in [0.05, 0.1) is 6.04 Å². The third-order valence-corrected chi connectivity index (χ3v) is 3.08. The topological polar surface area (TPSA) is 38.3 Å². The van der Waals surface area contributed by atoms with Crippen LogP contribution in [0.15, 0.2) is 24.3 Å². The zero-order chi connectivity index (χ0) is 12.3. The molecule has 2 rings (SSSR count). The molecule has 1 aromatic carbocycles. The molecule has 1 aliphatic rings. The molecule has 1 unspecified atom stereocenters. The van der Waals surface area contributed by atoms with Crippen LogP contribution in [-0.4, -0.2) is 23.6 Å². The Hall–Kier alpha value is -1.42. The number of Topliss-reactive ketones (excluding diaryl/α,β-unsaturated/α-hetero) is 1. The second kappa shape index (κ2) is 5.27. The highest BCUT2D eigenvalue weighted by Gasteiger charge is 2.21. The summed E-state index contributed by atoms with van der Waals surface area (Å²) in [5.74, 6) is 0.182. The van der Waals surface area contributed by atoms with E-state index in [4.69, 9.17) is 17.0 Å². The number of hydrogen-bond donors (Lipinski definition) is 1. The minimum Gasteiger partial charge on any atom is -0.469 e. The lowest BCUT2D eigenvalue weighted by atomic mass is 9.97. The molecule has 0 aromatic heterocycles. The fourth-order valence-corrected chi connectivity index (χ4v) is 2.20. The monoisotopic (exact) mass is 249 g/mol. The summed E-state index contributed by atoms with van der Waals surface area (Å²) < 4.78 is 5.20. The summed E-state index contributed by atoms with van der Waals surface area (Å²) in [6.45, 7) is 2.46. The quantitative estimate of drug-likeness (QED) is 0.655. The van der Waals surface area contributed by atoms with Crippen molar-refractivity contribution in [3.63, 3.8) is 0 Å². The number of ether oxygens (including phenoxy) is 1. The van der Waals surface area contributed by atoms with E-state index in [1.54, 1.807) is 0 Å². The highest BCUT2D eigenvalue weighted by molar-refractivity contribution is 7.80. The molecule has 0 aliphatic carbocycles. The van der Waals surface area contributed by atoms with Gasteiger partial charge in [-0.15, -0.1) is 0 Å². The van der Waals surface area contributed by atoms with Crippen molar-refractivity contribution in [1.82, 2.24) is 5.32 Å². The highest BCUT2D eigenvalue weighted by Crippen LogP contribution is 2.15. The lowest BCUT2D eigenvalue weighted by Gasteiger charge is -2.11. The summed E-state index contributed by atoms with van der Waals surface area (Å²) in [5, 5.41) is 3.54. The SMILES string of the molecule is CCC(=O)c1ccccc1CC1COC(=S)N1. The fraction of sp³-hybridized carbons (Fsp3) is 0.385. The Kier molecular flexibility index (Phi) is 3.74. The highest BCUT2D eigenvalue weighted by atomic mass is 32.1. The van der Waals surface area contributed by atoms with Crippen LogP contribution in [0.4, 0.5) is 0 Å². The van der Waals surface area contributed by atoms with Crippen molar-refractivity contribution >= 4 is 23.2 Å². The Bertz CT molecular complexity index is 445. The maximum Gasteiger partial charge on any atom is 0.257 e. The predicted octanol–water partition coefficient (Wildman–Crippen LogP) is 2.10. The van der Waals surface area contributed by atoms with Crippen LogP contribution in [0.25, 0.3) is 0 Å². The van der Waals surface area contributed by atoms with Gasteiger partial charge in [0.2, 0.25) is 0 Å². The average Bonchev–Trinajstić information content (AvgIpc) is 2.74. The van der Waals surface area contributed by atoms with Gasteiger partial charge in [-0.1, -0.05) is 31.2 Å². The number of ketones is 1. The molecule has 1 saturated heterocycles. The van der Waals surface area contributed by atoms with E-state index in [2.05, 4.69) is 5.32 Å². The van der Waals surface area contributed by atoms with Crippen molar-refractivity contribution in [2.24, 2.45) is 0 Å². The molecule has 1 heterocycles. The maximum absolute atomic E-state index is 11.8. The number of hydrogen-bond acceptors (Lipinski definition) is 3. The van der Waals surface area contributed by atoms with Crippen LogP contribution in [0.5, 0.6) is 0 Å². The average molecular weight is 249 g/mol. The Morgan fingerprint density at radius 2 is 2.29 bits per heavy atom. The summed E-state index contributed by atoms with van der Waals surface area (Å²) in [7, 11) is 0. The van der Waals surface area contributed by atoms with Crippen molar-refractivity contribution in [2.45, 2.75) is 25.8 Å². The minimum absolute atomic E-state index is 0.174. The lowest BCUT2D eigenvalue weighted by Crippen LogP contribution is -2.28. The van der Waals surface area contributed by atoms with Crippen LogP contribution in [0.1, 0.15) is 29.3 Å². The number of carbonyl (C=O) groups is 1. The molecule has 0 saturated carbocycles. The van der Waals surface area contributed by atoms with Crippen molar-refractivity contribution < 1.29 is 9.53 Å². The van der Waals surface area contributed by atoms with E-state index in [-0.39, 0.29) is 11.8 Å². The van der Waals surface area contributed by atoms with Gasteiger partial charge in [-0.2, -0.15) is 0 Å². The van der Waals surface area contributed by atoms with Crippen LogP contribution < -0.4 is 5.32 Å². The summed E-state index contributed by atoms with van der Waals surface area (Å²) in [4.78, 5) is 11.8. The first-order valence-electron chi connectivity index (χ1n) is 5.75. The van der Waals surface area contributed by atoms with Crippen molar-refractivity contribution in [3.05, 3.63) is 35.4 Å². The van der Waals surface area contributed by atoms with Crippen molar-refractivity contribution in [3.8, 4) is 0 Å². The first kappa shape index (κ1) is 12.0. The Morgan fingerprint density at radius 1 is 1.53 bits per heavy atom. The molecule has 1 fully saturated rings. The standard InChI is InChI=1S/C13H15NO2S/c1-2-12(15)11-6-4-3-5-9(11)7-10-8-16-13(17)14-10/h3-6,10H,2,7-8H2,1H3,(H,14,17). The molecular weight excluding hydrogens is 234 g/mol. The molecule has 0 spiro atoms. The van der Waals surface area contributed by atoms with Crippen LogP contribution in [0, 0.1) is 0 Å². The molecule has 1 aliphatic heterocycles. The number of rotatable bonds is 4. The van der Waals surface area contributed by atoms with Gasteiger partial charge in [-0.3, -0.25) is 4.79 Å². The van der Waals surface area contributed by atoms with Gasteiger partial charge in [0, 0.05) is 12.0 Å². The molecule has 90 valence electrons. The van der Waals surface area contributed by atoms with Crippen LogP contribution in [0.2, 0.25) is 0 Å². The molecule has 17 heavy (non-hydrogen) atoms. The zero-order valence-corrected chi connectivity index (χ0v) is 10.5. The third kappa shape index (κ3) is 2.82. The summed E-state index contributed by atoms with van der Waals surface area (Å²) in [5.41, 5.74) is 1.87. The van der Waals surface area contributed by atoms with E-state index in [1.165, 1.54) is 0 Å². The third-order valence-electron chi connectivity index (χ3n) is 2.84. The molecule has 0 radical (unpaired) electrons. The predicted molar refractivity (Wildman–Crippen MR) is 70.2 cm³/mol. The Labute approximate surface area is 106 Å². The maximum atomic E-state index is 11.8. The second-order valence-corrected chi connectivity index (χ2v) is 4.45. The van der Waals surface area contributed by atoms with E-state index in [0.29, 0.717) is 18.2 Å². The molecule has 0 bridgehead atoms. The first-order chi connectivity index (χ1) is 8.20. The largest absolute Gasteiger partial charge is 0.469 e. The Morgan fingerprint density at radius 3 is 2.94 bits per heavy atom. The number of carbonyl (C=O) groups excluding carboxylic acids is 1. The van der Waals surface area contributed by atoms with Crippen molar-refractivity contribution in [2.75, 3.05) is 6.61 Å². The lowest BCUT2D eigenvalue weighted by molar-refractivity contribution is 0.0987. The van der Waals surface area contributed by atoms with Gasteiger partial charge in [-0.25, -0.2) is 0 Å². The van der Waals surface area contributed by atoms with Crippen LogP contribution in [-0.2, 0) is 11.2 Å². The number of benzene rings is 1. The van der Waals surface area contributed by atoms with Gasteiger partial charge in [0.1, 0.15) is 6.61 Å². The smallest absolute Gasteiger partial charge is 0.257 e. The minimum atomic E-state index is 0.174. The molecule has 1 N–H and O–H groups in total. The van der Waals surface area contributed by atoms with Gasteiger partial charge < -0.3 is 10.1 Å². The molecular formula is C13H15NO2S.